The summed E-state index contributed by atoms with van der Waals surface area (Å²) in [7, 11) is 0. The van der Waals surface area contributed by atoms with E-state index in [9.17, 15) is 5.11 Å². The van der Waals surface area contributed by atoms with Gasteiger partial charge in [-0.15, -0.1) is 0 Å². The molecule has 110 valence electrons. The van der Waals surface area contributed by atoms with Crippen LogP contribution in [0.1, 0.15) is 52.4 Å². The van der Waals surface area contributed by atoms with Gasteiger partial charge in [0.05, 0.1) is 12.2 Å². The number of nitrogens with one attached hydrogen (secondary N) is 1. The Morgan fingerprint density at radius 1 is 1.32 bits per heavy atom. The fourth-order valence-electron chi connectivity index (χ4n) is 4.90. The number of hydrogen-bond acceptors (Lipinski definition) is 3. The summed E-state index contributed by atoms with van der Waals surface area (Å²) in [6, 6.07) is 0.601. The zero-order chi connectivity index (χ0) is 13.5. The van der Waals surface area contributed by atoms with Crippen LogP contribution >= 0.6 is 0 Å². The van der Waals surface area contributed by atoms with E-state index in [0.717, 1.165) is 19.6 Å². The van der Waals surface area contributed by atoms with Gasteiger partial charge in [-0.2, -0.15) is 0 Å². The van der Waals surface area contributed by atoms with Gasteiger partial charge in [0.2, 0.25) is 0 Å². The second kappa shape index (κ2) is 5.34. The normalized spacial score (nSPS) is 37.6. The second-order valence-corrected chi connectivity index (χ2v) is 7.35. The summed E-state index contributed by atoms with van der Waals surface area (Å²) in [5.74, 6) is 1.28. The number of ether oxygens (including phenoxy) is 1. The molecule has 0 aromatic rings. The molecule has 0 aromatic carbocycles. The monoisotopic (exact) mass is 267 g/mol. The fourth-order valence-corrected chi connectivity index (χ4v) is 4.90. The molecule has 0 amide bonds. The first kappa shape index (κ1) is 13.8. The van der Waals surface area contributed by atoms with E-state index in [-0.39, 0.29) is 6.10 Å². The lowest BCUT2D eigenvalue weighted by Gasteiger charge is -2.57. The number of aliphatic hydroxyl groups is 1. The molecule has 3 nitrogen and oxygen atoms in total. The molecule has 1 spiro atoms. The summed E-state index contributed by atoms with van der Waals surface area (Å²) >= 11 is 0. The summed E-state index contributed by atoms with van der Waals surface area (Å²) < 4.78 is 5.99. The lowest BCUT2D eigenvalue weighted by Crippen LogP contribution is -2.68. The minimum atomic E-state index is -0.195. The van der Waals surface area contributed by atoms with Gasteiger partial charge in [-0.1, -0.05) is 26.7 Å². The first-order valence-corrected chi connectivity index (χ1v) is 8.16. The zero-order valence-electron chi connectivity index (χ0n) is 12.4. The highest BCUT2D eigenvalue weighted by Crippen LogP contribution is 2.60. The van der Waals surface area contributed by atoms with Crippen LogP contribution in [0, 0.1) is 17.3 Å². The standard InChI is InChI=1S/C16H29NO2/c1-11(2)9-12(18)10-17-14-13-5-8-19-15(13)16(14)6-3-4-7-16/h11-15,17-18H,3-10H2,1-2H3. The molecule has 1 saturated heterocycles. The third kappa shape index (κ3) is 2.34. The van der Waals surface area contributed by atoms with Crippen molar-refractivity contribution in [1.82, 2.24) is 5.32 Å². The Morgan fingerprint density at radius 2 is 2.05 bits per heavy atom. The number of fused-ring (bicyclic) bond motifs is 2. The van der Waals surface area contributed by atoms with E-state index >= 15 is 0 Å². The molecule has 0 bridgehead atoms. The Labute approximate surface area is 117 Å². The van der Waals surface area contributed by atoms with Crippen LogP contribution in [-0.2, 0) is 4.74 Å². The van der Waals surface area contributed by atoms with Crippen LogP contribution in [0.25, 0.3) is 0 Å². The van der Waals surface area contributed by atoms with Gasteiger partial charge >= 0.3 is 0 Å². The molecule has 3 rings (SSSR count). The molecular weight excluding hydrogens is 238 g/mol. The van der Waals surface area contributed by atoms with E-state index in [1.807, 2.05) is 0 Å². The third-order valence-electron chi connectivity index (χ3n) is 5.60. The van der Waals surface area contributed by atoms with Crippen LogP contribution in [0.4, 0.5) is 0 Å². The minimum absolute atomic E-state index is 0.195. The van der Waals surface area contributed by atoms with Crippen molar-refractivity contribution < 1.29 is 9.84 Å². The summed E-state index contributed by atoms with van der Waals surface area (Å²) in [4.78, 5) is 0. The van der Waals surface area contributed by atoms with Crippen molar-refractivity contribution >= 4 is 0 Å². The van der Waals surface area contributed by atoms with E-state index in [1.54, 1.807) is 0 Å². The average molecular weight is 267 g/mol. The number of hydrogen-bond donors (Lipinski definition) is 2. The smallest absolute Gasteiger partial charge is 0.0690 e. The van der Waals surface area contributed by atoms with E-state index in [4.69, 9.17) is 4.74 Å². The highest BCUT2D eigenvalue weighted by molar-refractivity contribution is 5.16. The van der Waals surface area contributed by atoms with E-state index in [2.05, 4.69) is 19.2 Å². The topological polar surface area (TPSA) is 41.5 Å². The van der Waals surface area contributed by atoms with E-state index in [0.29, 0.717) is 29.4 Å². The quantitative estimate of drug-likeness (QED) is 0.803. The molecule has 3 fully saturated rings. The van der Waals surface area contributed by atoms with Crippen molar-refractivity contribution in [2.45, 2.75) is 70.6 Å². The van der Waals surface area contributed by atoms with Crippen LogP contribution in [0.3, 0.4) is 0 Å². The molecule has 1 heterocycles. The Balaban J connectivity index is 1.57. The van der Waals surface area contributed by atoms with Gasteiger partial charge in [0.15, 0.2) is 0 Å². The Kier molecular flexibility index (Phi) is 3.89. The van der Waals surface area contributed by atoms with Crippen molar-refractivity contribution in [2.24, 2.45) is 17.3 Å². The Morgan fingerprint density at radius 3 is 2.74 bits per heavy atom. The Bertz CT molecular complexity index is 312. The highest BCUT2D eigenvalue weighted by Gasteiger charge is 2.64. The van der Waals surface area contributed by atoms with E-state index in [1.165, 1.54) is 32.1 Å². The lowest BCUT2D eigenvalue weighted by atomic mass is 9.54. The summed E-state index contributed by atoms with van der Waals surface area (Å²) in [5, 5.41) is 13.8. The molecule has 0 radical (unpaired) electrons. The first-order valence-electron chi connectivity index (χ1n) is 8.16. The molecule has 19 heavy (non-hydrogen) atoms. The van der Waals surface area contributed by atoms with Gasteiger partial charge in [0.25, 0.3) is 0 Å². The summed E-state index contributed by atoms with van der Waals surface area (Å²) in [5.41, 5.74) is 0.415. The van der Waals surface area contributed by atoms with Gasteiger partial charge in [-0.25, -0.2) is 0 Å². The maximum absolute atomic E-state index is 10.1. The molecular formula is C16H29NO2. The number of rotatable bonds is 5. The molecule has 3 heteroatoms. The van der Waals surface area contributed by atoms with Crippen LogP contribution in [0.5, 0.6) is 0 Å². The Hall–Kier alpha value is -0.120. The molecule has 2 saturated carbocycles. The van der Waals surface area contributed by atoms with Crippen LogP contribution in [-0.4, -0.2) is 36.5 Å². The van der Waals surface area contributed by atoms with Gasteiger partial charge in [0, 0.05) is 30.5 Å². The third-order valence-corrected chi connectivity index (χ3v) is 5.60. The van der Waals surface area contributed by atoms with Crippen LogP contribution < -0.4 is 5.32 Å². The first-order chi connectivity index (χ1) is 9.13. The van der Waals surface area contributed by atoms with Gasteiger partial charge < -0.3 is 15.2 Å². The van der Waals surface area contributed by atoms with Crippen molar-refractivity contribution in [2.75, 3.05) is 13.2 Å². The largest absolute Gasteiger partial charge is 0.392 e. The van der Waals surface area contributed by atoms with Crippen LogP contribution in [0.15, 0.2) is 0 Å². The molecule has 0 aromatic heterocycles. The summed E-state index contributed by atoms with van der Waals surface area (Å²) in [6.07, 6.45) is 7.81. The van der Waals surface area contributed by atoms with Crippen LogP contribution in [0.2, 0.25) is 0 Å². The molecule has 4 unspecified atom stereocenters. The maximum Gasteiger partial charge on any atom is 0.0690 e. The van der Waals surface area contributed by atoms with Crippen molar-refractivity contribution in [3.8, 4) is 0 Å². The van der Waals surface area contributed by atoms with Crippen molar-refractivity contribution in [1.29, 1.82) is 0 Å². The number of aliphatic hydroxyl groups excluding tert-OH is 1. The zero-order valence-corrected chi connectivity index (χ0v) is 12.4. The minimum Gasteiger partial charge on any atom is -0.392 e. The van der Waals surface area contributed by atoms with Crippen molar-refractivity contribution in [3.63, 3.8) is 0 Å². The molecule has 2 N–H and O–H groups in total. The lowest BCUT2D eigenvalue weighted by molar-refractivity contribution is -0.132. The average Bonchev–Trinajstić information content (AvgIpc) is 2.94. The maximum atomic E-state index is 10.1. The van der Waals surface area contributed by atoms with Gasteiger partial charge in [-0.05, 0) is 31.6 Å². The van der Waals surface area contributed by atoms with E-state index < -0.39 is 0 Å². The highest BCUT2D eigenvalue weighted by atomic mass is 16.5. The second-order valence-electron chi connectivity index (χ2n) is 7.35. The molecule has 3 aliphatic rings. The van der Waals surface area contributed by atoms with Gasteiger partial charge in [-0.3, -0.25) is 0 Å². The summed E-state index contributed by atoms with van der Waals surface area (Å²) in [6.45, 7) is 6.05. The molecule has 2 aliphatic carbocycles. The van der Waals surface area contributed by atoms with Crippen molar-refractivity contribution in [3.05, 3.63) is 0 Å². The molecule has 1 aliphatic heterocycles. The molecule has 4 atom stereocenters. The SMILES string of the molecule is CC(C)CC(O)CNC1C2CCOC2C12CCCC2. The fraction of sp³-hybridized carbons (Fsp3) is 1.00. The van der Waals surface area contributed by atoms with Gasteiger partial charge in [0.1, 0.15) is 0 Å². The predicted molar refractivity (Wildman–Crippen MR) is 76.0 cm³/mol. The predicted octanol–water partition coefficient (Wildman–Crippen LogP) is 2.33.